The highest BCUT2D eigenvalue weighted by atomic mass is 28.5. The fraction of sp³-hybridized carbons (Fsp3) is 0.818. The fourth-order valence-electron chi connectivity index (χ4n) is 2.25. The normalized spacial score (nSPS) is 15.1. The van der Waals surface area contributed by atoms with Crippen molar-refractivity contribution in [3.05, 3.63) is 12.3 Å². The Hall–Kier alpha value is 0.664. The summed E-state index contributed by atoms with van der Waals surface area (Å²) in [7, 11) is -8.76. The highest BCUT2D eigenvalue weighted by Crippen LogP contribution is 2.23. The van der Waals surface area contributed by atoms with Crippen LogP contribution in [0.2, 0.25) is 58.9 Å². The van der Waals surface area contributed by atoms with Gasteiger partial charge in [0.25, 0.3) is 0 Å². The molecule has 0 aliphatic rings. The summed E-state index contributed by atoms with van der Waals surface area (Å²) < 4.78 is 24.7. The molecule has 0 aromatic carbocycles. The minimum atomic E-state index is -2.24. The van der Waals surface area contributed by atoms with E-state index in [4.69, 9.17) is 16.5 Å². The summed E-state index contributed by atoms with van der Waals surface area (Å²) in [6.07, 6.45) is 0. The van der Waals surface area contributed by atoms with Crippen molar-refractivity contribution in [3.63, 3.8) is 0 Å². The first kappa shape index (κ1) is 20.7. The van der Waals surface area contributed by atoms with Crippen LogP contribution in [0.5, 0.6) is 0 Å². The fourth-order valence-corrected chi connectivity index (χ4v) is 21.5. The van der Waals surface area contributed by atoms with E-state index in [0.717, 1.165) is 0 Å². The van der Waals surface area contributed by atoms with E-state index in [1.165, 1.54) is 0 Å². The summed E-state index contributed by atoms with van der Waals surface area (Å²) in [5.74, 6) is 0. The van der Waals surface area contributed by atoms with Gasteiger partial charge < -0.3 is 16.5 Å². The predicted octanol–water partition coefficient (Wildman–Crippen LogP) is 3.22. The first-order valence-electron chi connectivity index (χ1n) is 7.03. The average molecular weight is 369 g/mol. The molecule has 0 rings (SSSR count). The van der Waals surface area contributed by atoms with Gasteiger partial charge in [0.15, 0.2) is 18.1 Å². The van der Waals surface area contributed by atoms with Gasteiger partial charge in [-0.3, -0.25) is 0 Å². The van der Waals surface area contributed by atoms with Crippen LogP contribution in [0.4, 0.5) is 0 Å². The molecule has 0 unspecified atom stereocenters. The smallest absolute Gasteiger partial charge is 0.314 e. The second kappa shape index (κ2) is 7.29. The Bertz CT molecular complexity index is 325. The lowest BCUT2D eigenvalue weighted by Gasteiger charge is -2.39. The highest BCUT2D eigenvalue weighted by Gasteiger charge is 2.42. The molecule has 0 radical (unpaired) electrons. The molecule has 20 heavy (non-hydrogen) atoms. The van der Waals surface area contributed by atoms with Gasteiger partial charge in [-0.1, -0.05) is 5.70 Å². The van der Waals surface area contributed by atoms with Gasteiger partial charge in [-0.2, -0.15) is 0 Å². The van der Waals surface area contributed by atoms with Gasteiger partial charge in [-0.15, -0.1) is 6.58 Å². The van der Waals surface area contributed by atoms with Crippen LogP contribution in [-0.2, 0) is 16.5 Å². The van der Waals surface area contributed by atoms with E-state index >= 15 is 0 Å². The van der Waals surface area contributed by atoms with Gasteiger partial charge in [0.2, 0.25) is 0 Å². The lowest BCUT2D eigenvalue weighted by molar-refractivity contribution is 0.304. The van der Waals surface area contributed by atoms with Crippen LogP contribution in [0.25, 0.3) is 0 Å². The summed E-state index contributed by atoms with van der Waals surface area (Å²) >= 11 is 0. The van der Waals surface area contributed by atoms with Crippen molar-refractivity contribution >= 4 is 43.8 Å². The Morgan fingerprint density at radius 2 is 1.10 bits per heavy atom. The van der Waals surface area contributed by atoms with Gasteiger partial charge in [0.05, 0.1) is 0 Å². The van der Waals surface area contributed by atoms with Gasteiger partial charge in [0.1, 0.15) is 0 Å². The molecule has 0 spiro atoms. The SMILES string of the molecule is C=C[SiH2]O[Si](C)(C)O[Si](C)(C)O[Si](C)(C)O[Si](C)(C)C. The zero-order chi connectivity index (χ0) is 16.2. The summed E-state index contributed by atoms with van der Waals surface area (Å²) in [5, 5.41) is 0. The third kappa shape index (κ3) is 10.4. The van der Waals surface area contributed by atoms with E-state index < -0.39 is 43.8 Å². The van der Waals surface area contributed by atoms with Crippen molar-refractivity contribution in [2.75, 3.05) is 0 Å². The van der Waals surface area contributed by atoms with Crippen LogP contribution in [0.3, 0.4) is 0 Å². The van der Waals surface area contributed by atoms with Crippen LogP contribution < -0.4 is 0 Å². The van der Waals surface area contributed by atoms with Crippen LogP contribution in [0.1, 0.15) is 0 Å². The minimum Gasteiger partial charge on any atom is -0.438 e. The maximum atomic E-state index is 6.33. The van der Waals surface area contributed by atoms with Gasteiger partial charge in [0, 0.05) is 0 Å². The third-order valence-corrected chi connectivity index (χ3v) is 18.0. The standard InChI is InChI=1S/C11H32O4Si5/c1-11-16-12-18(5,6)14-20(9,10)15-19(7,8)13-17(2,3)4/h11H,1,16H2,2-10H3. The molecule has 0 aromatic rings. The van der Waals surface area contributed by atoms with Crippen LogP contribution in [0.15, 0.2) is 12.3 Å². The average Bonchev–Trinajstić information content (AvgIpc) is 2.05. The van der Waals surface area contributed by atoms with E-state index in [1.807, 2.05) is 5.70 Å². The van der Waals surface area contributed by atoms with Crippen molar-refractivity contribution in [2.24, 2.45) is 0 Å². The molecule has 120 valence electrons. The van der Waals surface area contributed by atoms with Crippen molar-refractivity contribution in [1.29, 1.82) is 0 Å². The van der Waals surface area contributed by atoms with E-state index in [2.05, 4.69) is 65.5 Å². The maximum Gasteiger partial charge on any atom is 0.314 e. The van der Waals surface area contributed by atoms with Gasteiger partial charge >= 0.3 is 25.7 Å². The summed E-state index contributed by atoms with van der Waals surface area (Å²) in [6.45, 7) is 22.9. The van der Waals surface area contributed by atoms with Crippen molar-refractivity contribution < 1.29 is 16.5 Å². The zero-order valence-corrected chi connectivity index (χ0v) is 20.0. The number of rotatable bonds is 9. The molecular weight excluding hydrogens is 337 g/mol. The number of hydrogen-bond donors (Lipinski definition) is 0. The highest BCUT2D eigenvalue weighted by molar-refractivity contribution is 6.88. The topological polar surface area (TPSA) is 36.9 Å². The second-order valence-electron chi connectivity index (χ2n) is 7.22. The van der Waals surface area contributed by atoms with Crippen molar-refractivity contribution in [1.82, 2.24) is 0 Å². The molecule has 0 amide bonds. The van der Waals surface area contributed by atoms with E-state index in [0.29, 0.717) is 0 Å². The Labute approximate surface area is 131 Å². The molecule has 0 N–H and O–H groups in total. The Morgan fingerprint density at radius 3 is 1.50 bits per heavy atom. The Kier molecular flexibility index (Phi) is 7.53. The molecule has 9 heteroatoms. The van der Waals surface area contributed by atoms with E-state index in [9.17, 15) is 0 Å². The van der Waals surface area contributed by atoms with Crippen LogP contribution in [0, 0.1) is 0 Å². The third-order valence-electron chi connectivity index (χ3n) is 2.08. The minimum absolute atomic E-state index is 0.667. The first-order chi connectivity index (χ1) is 8.68. The Balaban J connectivity index is 4.68. The summed E-state index contributed by atoms with van der Waals surface area (Å²) in [5.41, 5.74) is 1.89. The van der Waals surface area contributed by atoms with Crippen LogP contribution >= 0.6 is 0 Å². The molecule has 0 bridgehead atoms. The lowest BCUT2D eigenvalue weighted by Crippen LogP contribution is -2.56. The molecule has 0 fully saturated rings. The lowest BCUT2D eigenvalue weighted by atomic mass is 11.3. The molecule has 0 saturated heterocycles. The quantitative estimate of drug-likeness (QED) is 0.586. The first-order valence-corrected chi connectivity index (χ1v) is 20.3. The summed E-state index contributed by atoms with van der Waals surface area (Å²) in [4.78, 5) is 0. The largest absolute Gasteiger partial charge is 0.438 e. The van der Waals surface area contributed by atoms with Gasteiger partial charge in [-0.05, 0) is 58.9 Å². The van der Waals surface area contributed by atoms with Crippen molar-refractivity contribution in [2.45, 2.75) is 58.9 Å². The Morgan fingerprint density at radius 1 is 0.700 bits per heavy atom. The predicted molar refractivity (Wildman–Crippen MR) is 98.9 cm³/mol. The van der Waals surface area contributed by atoms with E-state index in [1.54, 1.807) is 0 Å². The molecule has 0 aliphatic carbocycles. The monoisotopic (exact) mass is 368 g/mol. The van der Waals surface area contributed by atoms with Crippen molar-refractivity contribution in [3.8, 4) is 0 Å². The van der Waals surface area contributed by atoms with Crippen LogP contribution in [-0.4, -0.2) is 43.8 Å². The second-order valence-corrected chi connectivity index (χ2v) is 24.4. The molecule has 0 heterocycles. The zero-order valence-electron chi connectivity index (χ0n) is 14.6. The molecule has 0 saturated carbocycles. The van der Waals surface area contributed by atoms with E-state index in [-0.39, 0.29) is 0 Å². The molecule has 0 aliphatic heterocycles. The molecule has 0 atom stereocenters. The maximum absolute atomic E-state index is 6.33. The van der Waals surface area contributed by atoms with Gasteiger partial charge in [-0.25, -0.2) is 0 Å². The number of hydrogen-bond acceptors (Lipinski definition) is 4. The molecule has 4 nitrogen and oxygen atoms in total. The molecule has 0 aromatic heterocycles. The molecular formula is C11H32O4Si5. The summed E-state index contributed by atoms with van der Waals surface area (Å²) in [6, 6.07) is 0.